The van der Waals surface area contributed by atoms with E-state index in [1.807, 2.05) is 18.2 Å². The molecule has 0 unspecified atom stereocenters. The first-order valence-electron chi connectivity index (χ1n) is 5.55. The molecule has 1 aromatic carbocycles. The van der Waals surface area contributed by atoms with E-state index in [0.29, 0.717) is 18.1 Å². The smallest absolute Gasteiger partial charge is 0.122 e. The molecule has 0 atom stereocenters. The summed E-state index contributed by atoms with van der Waals surface area (Å²) in [5.41, 5.74) is 1.31. The third kappa shape index (κ3) is 2.15. The van der Waals surface area contributed by atoms with Crippen LogP contribution in [0.3, 0.4) is 0 Å². The molecule has 15 heavy (non-hydrogen) atoms. The van der Waals surface area contributed by atoms with Crippen LogP contribution in [-0.2, 0) is 6.42 Å². The van der Waals surface area contributed by atoms with Crippen LogP contribution in [0.25, 0.3) is 0 Å². The van der Waals surface area contributed by atoms with Crippen molar-refractivity contribution < 1.29 is 10.2 Å². The molecule has 0 heterocycles. The Morgan fingerprint density at radius 3 is 2.53 bits per heavy atom. The van der Waals surface area contributed by atoms with Crippen LogP contribution in [0.1, 0.15) is 43.7 Å². The Kier molecular flexibility index (Phi) is 2.47. The zero-order chi connectivity index (χ0) is 11.1. The molecule has 2 rings (SSSR count). The Hall–Kier alpha value is -1.02. The fourth-order valence-electron chi connectivity index (χ4n) is 1.90. The van der Waals surface area contributed by atoms with E-state index in [4.69, 9.17) is 0 Å². The van der Waals surface area contributed by atoms with E-state index < -0.39 is 5.60 Å². The van der Waals surface area contributed by atoms with Crippen LogP contribution in [0.2, 0.25) is 0 Å². The molecule has 2 N–H and O–H groups in total. The van der Waals surface area contributed by atoms with Gasteiger partial charge in [0.25, 0.3) is 0 Å². The van der Waals surface area contributed by atoms with Gasteiger partial charge in [0, 0.05) is 6.42 Å². The lowest BCUT2D eigenvalue weighted by molar-refractivity contribution is 0.150. The van der Waals surface area contributed by atoms with Crippen LogP contribution >= 0.6 is 0 Å². The highest BCUT2D eigenvalue weighted by atomic mass is 16.3. The standard InChI is InChI=1S/C13H18O2/c1-9(2)11-5-3-4-10(12(11)14)8-13(15)6-7-13/h3-5,9,14-15H,6-8H2,1-2H3. The summed E-state index contributed by atoms with van der Waals surface area (Å²) in [5, 5.41) is 19.9. The van der Waals surface area contributed by atoms with Gasteiger partial charge < -0.3 is 10.2 Å². The highest BCUT2D eigenvalue weighted by Gasteiger charge is 2.40. The number of benzene rings is 1. The van der Waals surface area contributed by atoms with Crippen molar-refractivity contribution in [3.63, 3.8) is 0 Å². The van der Waals surface area contributed by atoms with Gasteiger partial charge in [-0.1, -0.05) is 32.0 Å². The molecule has 2 nitrogen and oxygen atoms in total. The molecule has 1 fully saturated rings. The zero-order valence-electron chi connectivity index (χ0n) is 9.33. The fraction of sp³-hybridized carbons (Fsp3) is 0.538. The minimum Gasteiger partial charge on any atom is -0.507 e. The van der Waals surface area contributed by atoms with E-state index in [0.717, 1.165) is 24.0 Å². The summed E-state index contributed by atoms with van der Waals surface area (Å²) in [6.07, 6.45) is 2.30. The first kappa shape index (κ1) is 10.5. The maximum Gasteiger partial charge on any atom is 0.122 e. The van der Waals surface area contributed by atoms with Gasteiger partial charge in [-0.15, -0.1) is 0 Å². The number of rotatable bonds is 3. The quantitative estimate of drug-likeness (QED) is 0.798. The number of para-hydroxylation sites is 1. The number of hydrogen-bond acceptors (Lipinski definition) is 2. The van der Waals surface area contributed by atoms with Crippen LogP contribution < -0.4 is 0 Å². The lowest BCUT2D eigenvalue weighted by atomic mass is 9.96. The number of aliphatic hydroxyl groups is 1. The summed E-state index contributed by atoms with van der Waals surface area (Å²) < 4.78 is 0. The van der Waals surface area contributed by atoms with Gasteiger partial charge in [0.1, 0.15) is 5.75 Å². The maximum atomic E-state index is 10.0. The topological polar surface area (TPSA) is 40.5 Å². The van der Waals surface area contributed by atoms with Crippen LogP contribution in [0.15, 0.2) is 18.2 Å². The second-order valence-electron chi connectivity index (χ2n) is 4.91. The van der Waals surface area contributed by atoms with E-state index in [-0.39, 0.29) is 0 Å². The molecule has 0 amide bonds. The largest absolute Gasteiger partial charge is 0.507 e. The van der Waals surface area contributed by atoms with Crippen LogP contribution in [0.5, 0.6) is 5.75 Å². The average Bonchev–Trinajstić information content (AvgIpc) is 2.87. The Morgan fingerprint density at radius 2 is 2.00 bits per heavy atom. The number of aromatic hydroxyl groups is 1. The predicted molar refractivity (Wildman–Crippen MR) is 60.1 cm³/mol. The van der Waals surface area contributed by atoms with Gasteiger partial charge in [0.15, 0.2) is 0 Å². The van der Waals surface area contributed by atoms with E-state index in [1.165, 1.54) is 0 Å². The van der Waals surface area contributed by atoms with Crippen molar-refractivity contribution in [2.75, 3.05) is 0 Å². The van der Waals surface area contributed by atoms with Crippen LogP contribution in [-0.4, -0.2) is 15.8 Å². The van der Waals surface area contributed by atoms with Gasteiger partial charge in [0.05, 0.1) is 5.60 Å². The fourth-order valence-corrected chi connectivity index (χ4v) is 1.90. The van der Waals surface area contributed by atoms with Crippen molar-refractivity contribution in [1.29, 1.82) is 0 Å². The van der Waals surface area contributed by atoms with Gasteiger partial charge in [-0.2, -0.15) is 0 Å². The van der Waals surface area contributed by atoms with Gasteiger partial charge in [-0.05, 0) is 29.9 Å². The summed E-state index contributed by atoms with van der Waals surface area (Å²) in [6, 6.07) is 5.80. The Balaban J connectivity index is 2.27. The zero-order valence-corrected chi connectivity index (χ0v) is 9.33. The summed E-state index contributed by atoms with van der Waals surface area (Å²) in [7, 11) is 0. The van der Waals surface area contributed by atoms with Crippen molar-refractivity contribution in [3.8, 4) is 5.75 Å². The lowest BCUT2D eigenvalue weighted by Gasteiger charge is -2.14. The summed E-state index contributed by atoms with van der Waals surface area (Å²) in [6.45, 7) is 4.12. The molecule has 1 saturated carbocycles. The molecule has 82 valence electrons. The normalized spacial score (nSPS) is 18.1. The monoisotopic (exact) mass is 206 g/mol. The first-order valence-corrected chi connectivity index (χ1v) is 5.55. The third-order valence-corrected chi connectivity index (χ3v) is 3.12. The van der Waals surface area contributed by atoms with Crippen molar-refractivity contribution in [2.24, 2.45) is 0 Å². The molecular formula is C13H18O2. The SMILES string of the molecule is CC(C)c1cccc(CC2(O)CC2)c1O. The number of hydrogen-bond donors (Lipinski definition) is 2. The summed E-state index contributed by atoms with van der Waals surface area (Å²) in [5.74, 6) is 0.687. The van der Waals surface area contributed by atoms with E-state index in [2.05, 4.69) is 13.8 Å². The lowest BCUT2D eigenvalue weighted by Crippen LogP contribution is -2.11. The Bertz CT molecular complexity index is 365. The Morgan fingerprint density at radius 1 is 1.33 bits per heavy atom. The summed E-state index contributed by atoms with van der Waals surface area (Å²) >= 11 is 0. The molecule has 1 aliphatic carbocycles. The van der Waals surface area contributed by atoms with Crippen LogP contribution in [0, 0.1) is 0 Å². The molecule has 1 aliphatic rings. The minimum absolute atomic E-state index is 0.318. The van der Waals surface area contributed by atoms with Crippen molar-refractivity contribution >= 4 is 0 Å². The number of phenols is 1. The van der Waals surface area contributed by atoms with Crippen molar-refractivity contribution in [2.45, 2.75) is 44.6 Å². The highest BCUT2D eigenvalue weighted by Crippen LogP contribution is 2.41. The van der Waals surface area contributed by atoms with Gasteiger partial charge in [0.2, 0.25) is 0 Å². The van der Waals surface area contributed by atoms with Gasteiger partial charge in [-0.25, -0.2) is 0 Å². The van der Waals surface area contributed by atoms with E-state index in [9.17, 15) is 10.2 Å². The predicted octanol–water partition coefficient (Wildman–Crippen LogP) is 2.58. The minimum atomic E-state index is -0.535. The third-order valence-electron chi connectivity index (χ3n) is 3.12. The van der Waals surface area contributed by atoms with Crippen LogP contribution in [0.4, 0.5) is 0 Å². The van der Waals surface area contributed by atoms with Gasteiger partial charge in [-0.3, -0.25) is 0 Å². The van der Waals surface area contributed by atoms with E-state index >= 15 is 0 Å². The molecule has 0 radical (unpaired) electrons. The van der Waals surface area contributed by atoms with Gasteiger partial charge >= 0.3 is 0 Å². The summed E-state index contributed by atoms with van der Waals surface area (Å²) in [4.78, 5) is 0. The average molecular weight is 206 g/mol. The number of phenolic OH excluding ortho intramolecular Hbond substituents is 1. The molecule has 0 aromatic heterocycles. The van der Waals surface area contributed by atoms with E-state index in [1.54, 1.807) is 0 Å². The molecule has 0 bridgehead atoms. The van der Waals surface area contributed by atoms with Crippen molar-refractivity contribution in [1.82, 2.24) is 0 Å². The molecule has 0 saturated heterocycles. The molecule has 1 aromatic rings. The second kappa shape index (κ2) is 3.53. The molecule has 2 heteroatoms. The molecule has 0 spiro atoms. The maximum absolute atomic E-state index is 10.0. The first-order chi connectivity index (χ1) is 7.02. The highest BCUT2D eigenvalue weighted by molar-refractivity contribution is 5.43. The molecular weight excluding hydrogens is 188 g/mol. The Labute approximate surface area is 90.6 Å². The molecule has 0 aliphatic heterocycles. The second-order valence-corrected chi connectivity index (χ2v) is 4.91. The van der Waals surface area contributed by atoms with Crippen molar-refractivity contribution in [3.05, 3.63) is 29.3 Å².